The first kappa shape index (κ1) is 14.3. The fraction of sp³-hybridized carbons (Fsp3) is 0.500. The SMILES string of the molecule is CNCC1CN(C)C(=O)N(c2ccc(C)cc2Br)C1. The minimum atomic E-state index is 0.0666. The number of halogens is 1. The topological polar surface area (TPSA) is 35.6 Å². The molecule has 104 valence electrons. The Labute approximate surface area is 122 Å². The Hall–Kier alpha value is -1.07. The molecule has 5 heteroatoms. The number of aryl methyl sites for hydroxylation is 1. The first-order valence-electron chi connectivity index (χ1n) is 6.46. The molecular weight excluding hydrogens is 306 g/mol. The number of urea groups is 1. The van der Waals surface area contributed by atoms with E-state index in [1.54, 1.807) is 4.90 Å². The third-order valence-corrected chi connectivity index (χ3v) is 4.05. The average molecular weight is 326 g/mol. The van der Waals surface area contributed by atoms with Crippen LogP contribution >= 0.6 is 15.9 Å². The Morgan fingerprint density at radius 3 is 2.79 bits per heavy atom. The van der Waals surface area contributed by atoms with Crippen LogP contribution in [0, 0.1) is 12.8 Å². The average Bonchev–Trinajstić information content (AvgIpc) is 2.34. The molecule has 1 aliphatic heterocycles. The molecule has 0 bridgehead atoms. The van der Waals surface area contributed by atoms with Gasteiger partial charge < -0.3 is 10.2 Å². The van der Waals surface area contributed by atoms with Crippen LogP contribution < -0.4 is 10.2 Å². The van der Waals surface area contributed by atoms with Gasteiger partial charge in [0.1, 0.15) is 0 Å². The van der Waals surface area contributed by atoms with E-state index in [0.717, 1.165) is 29.8 Å². The van der Waals surface area contributed by atoms with Gasteiger partial charge in [-0.25, -0.2) is 4.79 Å². The Balaban J connectivity index is 2.27. The Morgan fingerprint density at radius 1 is 1.42 bits per heavy atom. The van der Waals surface area contributed by atoms with E-state index in [2.05, 4.69) is 21.2 Å². The van der Waals surface area contributed by atoms with Crippen LogP contribution in [0.3, 0.4) is 0 Å². The number of amides is 2. The minimum absolute atomic E-state index is 0.0666. The van der Waals surface area contributed by atoms with Crippen LogP contribution in [-0.4, -0.2) is 44.7 Å². The van der Waals surface area contributed by atoms with E-state index in [9.17, 15) is 4.79 Å². The van der Waals surface area contributed by atoms with Crippen molar-refractivity contribution in [1.29, 1.82) is 0 Å². The molecule has 0 aliphatic carbocycles. The largest absolute Gasteiger partial charge is 0.327 e. The van der Waals surface area contributed by atoms with E-state index >= 15 is 0 Å². The van der Waals surface area contributed by atoms with Crippen molar-refractivity contribution in [2.75, 3.05) is 38.6 Å². The molecule has 4 nitrogen and oxygen atoms in total. The van der Waals surface area contributed by atoms with Crippen LogP contribution in [0.1, 0.15) is 5.56 Å². The molecule has 0 radical (unpaired) electrons. The van der Waals surface area contributed by atoms with Gasteiger partial charge in [-0.15, -0.1) is 0 Å². The molecule has 1 aliphatic rings. The summed E-state index contributed by atoms with van der Waals surface area (Å²) in [6.45, 7) is 4.52. The molecule has 0 saturated carbocycles. The molecule has 0 spiro atoms. The van der Waals surface area contributed by atoms with Gasteiger partial charge in [-0.3, -0.25) is 4.90 Å². The van der Waals surface area contributed by atoms with Crippen molar-refractivity contribution in [3.8, 4) is 0 Å². The summed E-state index contributed by atoms with van der Waals surface area (Å²) in [6.07, 6.45) is 0. The standard InChI is InChI=1S/C14H20BrN3O/c1-10-4-5-13(12(15)6-10)18-9-11(7-16-2)8-17(3)14(18)19/h4-6,11,16H,7-9H2,1-3H3. The number of hydrogen-bond acceptors (Lipinski definition) is 2. The normalized spacial score (nSPS) is 20.0. The number of carbonyl (C=O) groups excluding carboxylic acids is 1. The molecule has 1 N–H and O–H groups in total. The molecular formula is C14H20BrN3O. The van der Waals surface area contributed by atoms with Crippen LogP contribution in [0.15, 0.2) is 22.7 Å². The van der Waals surface area contributed by atoms with Gasteiger partial charge in [0, 0.05) is 37.1 Å². The van der Waals surface area contributed by atoms with Gasteiger partial charge in [-0.05, 0) is 47.6 Å². The van der Waals surface area contributed by atoms with Crippen molar-refractivity contribution >= 4 is 27.6 Å². The lowest BCUT2D eigenvalue weighted by Crippen LogP contribution is -2.54. The number of hydrogen-bond donors (Lipinski definition) is 1. The third kappa shape index (κ3) is 3.09. The number of nitrogens with zero attached hydrogens (tertiary/aromatic N) is 2. The zero-order valence-electron chi connectivity index (χ0n) is 11.6. The quantitative estimate of drug-likeness (QED) is 0.926. The van der Waals surface area contributed by atoms with E-state index in [4.69, 9.17) is 0 Å². The summed E-state index contributed by atoms with van der Waals surface area (Å²) in [5, 5.41) is 3.19. The fourth-order valence-electron chi connectivity index (χ4n) is 2.52. The number of anilines is 1. The van der Waals surface area contributed by atoms with Crippen molar-refractivity contribution in [3.05, 3.63) is 28.2 Å². The summed E-state index contributed by atoms with van der Waals surface area (Å²) < 4.78 is 0.972. The van der Waals surface area contributed by atoms with E-state index in [1.807, 2.05) is 44.1 Å². The van der Waals surface area contributed by atoms with Crippen LogP contribution in [-0.2, 0) is 0 Å². The van der Waals surface area contributed by atoms with Gasteiger partial charge in [-0.2, -0.15) is 0 Å². The summed E-state index contributed by atoms with van der Waals surface area (Å²) >= 11 is 3.56. The van der Waals surface area contributed by atoms with Crippen molar-refractivity contribution in [3.63, 3.8) is 0 Å². The molecule has 1 saturated heterocycles. The first-order valence-corrected chi connectivity index (χ1v) is 7.25. The molecule has 2 rings (SSSR count). The fourth-order valence-corrected chi connectivity index (χ4v) is 3.22. The van der Waals surface area contributed by atoms with E-state index in [1.165, 1.54) is 5.56 Å². The van der Waals surface area contributed by atoms with Gasteiger partial charge in [0.2, 0.25) is 0 Å². The van der Waals surface area contributed by atoms with Gasteiger partial charge in [0.05, 0.1) is 5.69 Å². The Bertz CT molecular complexity index is 478. The molecule has 1 heterocycles. The second-order valence-corrected chi connectivity index (χ2v) is 6.01. The first-order chi connectivity index (χ1) is 9.02. The highest BCUT2D eigenvalue weighted by atomic mass is 79.9. The van der Waals surface area contributed by atoms with E-state index in [-0.39, 0.29) is 6.03 Å². The second-order valence-electron chi connectivity index (χ2n) is 5.15. The highest BCUT2D eigenvalue weighted by Crippen LogP contribution is 2.30. The number of carbonyl (C=O) groups is 1. The lowest BCUT2D eigenvalue weighted by atomic mass is 10.1. The maximum Gasteiger partial charge on any atom is 0.324 e. The molecule has 1 aromatic rings. The maximum absolute atomic E-state index is 12.3. The summed E-state index contributed by atoms with van der Waals surface area (Å²) in [5.74, 6) is 0.445. The van der Waals surface area contributed by atoms with Crippen LogP contribution in [0.2, 0.25) is 0 Å². The van der Waals surface area contributed by atoms with Crippen molar-refractivity contribution in [2.24, 2.45) is 5.92 Å². The van der Waals surface area contributed by atoms with E-state index < -0.39 is 0 Å². The Kier molecular flexibility index (Phi) is 4.47. The molecule has 19 heavy (non-hydrogen) atoms. The zero-order valence-corrected chi connectivity index (χ0v) is 13.2. The number of benzene rings is 1. The summed E-state index contributed by atoms with van der Waals surface area (Å²) in [6, 6.07) is 6.16. The van der Waals surface area contributed by atoms with Crippen molar-refractivity contribution in [1.82, 2.24) is 10.2 Å². The van der Waals surface area contributed by atoms with Crippen LogP contribution in [0.25, 0.3) is 0 Å². The zero-order chi connectivity index (χ0) is 14.0. The van der Waals surface area contributed by atoms with Gasteiger partial charge in [0.25, 0.3) is 0 Å². The summed E-state index contributed by atoms with van der Waals surface area (Å²) in [7, 11) is 3.81. The number of rotatable bonds is 3. The number of nitrogens with one attached hydrogen (secondary N) is 1. The maximum atomic E-state index is 12.3. The molecule has 1 fully saturated rings. The molecule has 1 atom stereocenters. The lowest BCUT2D eigenvalue weighted by molar-refractivity contribution is 0.192. The molecule has 0 aromatic heterocycles. The van der Waals surface area contributed by atoms with Gasteiger partial charge in [-0.1, -0.05) is 6.07 Å². The van der Waals surface area contributed by atoms with E-state index in [0.29, 0.717) is 5.92 Å². The lowest BCUT2D eigenvalue weighted by Gasteiger charge is -2.38. The highest BCUT2D eigenvalue weighted by Gasteiger charge is 2.31. The summed E-state index contributed by atoms with van der Waals surface area (Å²) in [5.41, 5.74) is 2.13. The second kappa shape index (κ2) is 5.92. The summed E-state index contributed by atoms with van der Waals surface area (Å²) in [4.78, 5) is 16.0. The van der Waals surface area contributed by atoms with Crippen LogP contribution in [0.4, 0.5) is 10.5 Å². The Morgan fingerprint density at radius 2 is 2.16 bits per heavy atom. The molecule has 1 unspecified atom stereocenters. The van der Waals surface area contributed by atoms with Crippen molar-refractivity contribution in [2.45, 2.75) is 6.92 Å². The van der Waals surface area contributed by atoms with Crippen LogP contribution in [0.5, 0.6) is 0 Å². The predicted molar refractivity (Wildman–Crippen MR) is 81.7 cm³/mol. The predicted octanol–water partition coefficient (Wildman–Crippen LogP) is 2.46. The molecule has 2 amide bonds. The third-order valence-electron chi connectivity index (χ3n) is 3.42. The molecule has 1 aromatic carbocycles. The van der Waals surface area contributed by atoms with Gasteiger partial charge >= 0.3 is 6.03 Å². The monoisotopic (exact) mass is 325 g/mol. The minimum Gasteiger partial charge on any atom is -0.327 e. The van der Waals surface area contributed by atoms with Crippen molar-refractivity contribution < 1.29 is 4.79 Å². The highest BCUT2D eigenvalue weighted by molar-refractivity contribution is 9.10. The van der Waals surface area contributed by atoms with Gasteiger partial charge in [0.15, 0.2) is 0 Å². The smallest absolute Gasteiger partial charge is 0.324 e.